The summed E-state index contributed by atoms with van der Waals surface area (Å²) in [6.45, 7) is 3.59. The first-order valence-electron chi connectivity index (χ1n) is 6.21. The van der Waals surface area contributed by atoms with Gasteiger partial charge in [-0.3, -0.25) is 9.69 Å². The van der Waals surface area contributed by atoms with Gasteiger partial charge in [0.05, 0.1) is 0 Å². The van der Waals surface area contributed by atoms with Crippen molar-refractivity contribution >= 4 is 5.97 Å². The molecular formula is C13H18N2O4. The van der Waals surface area contributed by atoms with E-state index < -0.39 is 12.0 Å². The van der Waals surface area contributed by atoms with Crippen LogP contribution in [0, 0.1) is 0 Å². The van der Waals surface area contributed by atoms with Crippen LogP contribution in [-0.2, 0) is 4.79 Å². The van der Waals surface area contributed by atoms with Crippen molar-refractivity contribution in [2.24, 2.45) is 0 Å². The smallest absolute Gasteiger partial charge is 0.322 e. The lowest BCUT2D eigenvalue weighted by atomic mass is 10.0. The quantitative estimate of drug-likeness (QED) is 0.637. The molecule has 104 valence electrons. The van der Waals surface area contributed by atoms with Crippen molar-refractivity contribution in [2.45, 2.75) is 19.0 Å². The summed E-state index contributed by atoms with van der Waals surface area (Å²) in [4.78, 5) is 13.1. The van der Waals surface area contributed by atoms with E-state index in [-0.39, 0.29) is 17.5 Å². The van der Waals surface area contributed by atoms with Crippen LogP contribution in [0.3, 0.4) is 0 Å². The fourth-order valence-corrected chi connectivity index (χ4v) is 2.46. The van der Waals surface area contributed by atoms with Crippen LogP contribution in [0.5, 0.6) is 11.5 Å². The van der Waals surface area contributed by atoms with Gasteiger partial charge >= 0.3 is 5.97 Å². The number of carbonyl (C=O) groups is 1. The lowest BCUT2D eigenvalue weighted by Crippen LogP contribution is -2.55. The second-order valence-corrected chi connectivity index (χ2v) is 4.75. The fraction of sp³-hybridized carbons (Fsp3) is 0.462. The maximum atomic E-state index is 11.3. The van der Waals surface area contributed by atoms with E-state index in [0.717, 1.165) is 6.54 Å². The topological polar surface area (TPSA) is 93.0 Å². The van der Waals surface area contributed by atoms with Crippen LogP contribution in [0.1, 0.15) is 18.5 Å². The Hall–Kier alpha value is -1.79. The average Bonchev–Trinajstić information content (AvgIpc) is 2.36. The van der Waals surface area contributed by atoms with Crippen molar-refractivity contribution in [3.05, 3.63) is 23.8 Å². The first kappa shape index (κ1) is 13.6. The van der Waals surface area contributed by atoms with Crippen molar-refractivity contribution in [3.63, 3.8) is 0 Å². The average molecular weight is 266 g/mol. The summed E-state index contributed by atoms with van der Waals surface area (Å²) in [5.41, 5.74) is 0.700. The Labute approximate surface area is 111 Å². The predicted octanol–water partition coefficient (Wildman–Crippen LogP) is 0.517. The summed E-state index contributed by atoms with van der Waals surface area (Å²) < 4.78 is 0. The first-order valence-corrected chi connectivity index (χ1v) is 6.21. The lowest BCUT2D eigenvalue weighted by Gasteiger charge is -2.38. The first-order chi connectivity index (χ1) is 8.99. The number of hydrogen-bond acceptors (Lipinski definition) is 5. The molecule has 0 bridgehead atoms. The summed E-state index contributed by atoms with van der Waals surface area (Å²) in [6, 6.07) is 3.55. The van der Waals surface area contributed by atoms with Crippen LogP contribution in [0.4, 0.5) is 0 Å². The number of aromatic hydroxyl groups is 2. The molecule has 1 aromatic rings. The van der Waals surface area contributed by atoms with E-state index in [2.05, 4.69) is 5.32 Å². The van der Waals surface area contributed by atoms with E-state index in [4.69, 9.17) is 0 Å². The molecule has 2 atom stereocenters. The van der Waals surface area contributed by atoms with Crippen molar-refractivity contribution in [3.8, 4) is 11.5 Å². The molecule has 1 fully saturated rings. The Balaban J connectivity index is 2.25. The Morgan fingerprint density at radius 2 is 2.00 bits per heavy atom. The van der Waals surface area contributed by atoms with E-state index in [0.29, 0.717) is 18.7 Å². The largest absolute Gasteiger partial charge is 0.508 e. The molecule has 0 aliphatic carbocycles. The number of hydrogen-bond donors (Lipinski definition) is 4. The van der Waals surface area contributed by atoms with Crippen LogP contribution in [0.2, 0.25) is 0 Å². The van der Waals surface area contributed by atoms with Crippen LogP contribution in [-0.4, -0.2) is 51.9 Å². The summed E-state index contributed by atoms with van der Waals surface area (Å²) in [7, 11) is 0. The molecule has 0 aromatic heterocycles. The molecule has 2 unspecified atom stereocenters. The molecule has 19 heavy (non-hydrogen) atoms. The van der Waals surface area contributed by atoms with Crippen molar-refractivity contribution in [1.29, 1.82) is 0 Å². The minimum atomic E-state index is -0.872. The molecule has 0 spiro atoms. The number of aliphatic carboxylic acids is 1. The van der Waals surface area contributed by atoms with E-state index in [9.17, 15) is 20.1 Å². The molecule has 0 saturated carbocycles. The number of carboxylic acids is 1. The second-order valence-electron chi connectivity index (χ2n) is 4.75. The number of piperazine rings is 1. The molecule has 6 nitrogen and oxygen atoms in total. The van der Waals surface area contributed by atoms with E-state index in [1.165, 1.54) is 6.07 Å². The molecule has 1 aliphatic heterocycles. The third-order valence-corrected chi connectivity index (χ3v) is 3.47. The zero-order chi connectivity index (χ0) is 14.0. The molecule has 6 heteroatoms. The zero-order valence-electron chi connectivity index (χ0n) is 10.7. The number of nitrogens with one attached hydrogen (secondary N) is 1. The Kier molecular flexibility index (Phi) is 3.92. The third kappa shape index (κ3) is 2.97. The van der Waals surface area contributed by atoms with Gasteiger partial charge in [0.15, 0.2) is 0 Å². The summed E-state index contributed by atoms with van der Waals surface area (Å²) in [6.07, 6.45) is 0. The highest BCUT2D eigenvalue weighted by Crippen LogP contribution is 2.29. The summed E-state index contributed by atoms with van der Waals surface area (Å²) in [5.74, 6) is -0.920. The number of carboxylic acid groups (broad SMARTS) is 1. The maximum absolute atomic E-state index is 11.3. The second kappa shape index (κ2) is 5.46. The molecule has 1 aromatic carbocycles. The molecule has 0 amide bonds. The van der Waals surface area contributed by atoms with Gasteiger partial charge in [-0.1, -0.05) is 0 Å². The van der Waals surface area contributed by atoms with Gasteiger partial charge in [0.1, 0.15) is 17.5 Å². The van der Waals surface area contributed by atoms with Gasteiger partial charge in [0.2, 0.25) is 0 Å². The molecule has 0 radical (unpaired) electrons. The van der Waals surface area contributed by atoms with E-state index >= 15 is 0 Å². The van der Waals surface area contributed by atoms with Crippen molar-refractivity contribution in [1.82, 2.24) is 10.2 Å². The SMILES string of the molecule is CC(c1cc(O)cc(O)c1)N1CCNCC1C(=O)O. The predicted molar refractivity (Wildman–Crippen MR) is 69.2 cm³/mol. The Bertz CT molecular complexity index is 457. The Morgan fingerprint density at radius 1 is 1.37 bits per heavy atom. The van der Waals surface area contributed by atoms with Crippen molar-refractivity contribution in [2.75, 3.05) is 19.6 Å². The highest BCUT2D eigenvalue weighted by atomic mass is 16.4. The van der Waals surface area contributed by atoms with Gasteiger partial charge < -0.3 is 20.6 Å². The van der Waals surface area contributed by atoms with Gasteiger partial charge in [-0.2, -0.15) is 0 Å². The fourth-order valence-electron chi connectivity index (χ4n) is 2.46. The third-order valence-electron chi connectivity index (χ3n) is 3.47. The van der Waals surface area contributed by atoms with Gasteiger partial charge in [-0.25, -0.2) is 0 Å². The van der Waals surface area contributed by atoms with E-state index in [1.54, 1.807) is 12.1 Å². The van der Waals surface area contributed by atoms with Crippen LogP contribution in [0.25, 0.3) is 0 Å². The van der Waals surface area contributed by atoms with Gasteiger partial charge in [-0.15, -0.1) is 0 Å². The van der Waals surface area contributed by atoms with Crippen LogP contribution < -0.4 is 5.32 Å². The normalized spacial score (nSPS) is 22.1. The van der Waals surface area contributed by atoms with Crippen LogP contribution >= 0.6 is 0 Å². The lowest BCUT2D eigenvalue weighted by molar-refractivity contribution is -0.145. The standard InChI is InChI=1S/C13H18N2O4/c1-8(9-4-10(16)6-11(17)5-9)15-3-2-14-7-12(15)13(18)19/h4-6,8,12,14,16-17H,2-3,7H2,1H3,(H,18,19). The minimum absolute atomic E-state index is 0.0242. The number of rotatable bonds is 3. The number of benzene rings is 1. The molecule has 1 heterocycles. The number of phenols is 2. The molecular weight excluding hydrogens is 248 g/mol. The molecule has 2 rings (SSSR count). The zero-order valence-corrected chi connectivity index (χ0v) is 10.7. The number of nitrogens with zero attached hydrogens (tertiary/aromatic N) is 1. The number of phenolic OH excluding ortho intramolecular Hbond substituents is 2. The van der Waals surface area contributed by atoms with Gasteiger partial charge in [-0.05, 0) is 24.6 Å². The summed E-state index contributed by atoms with van der Waals surface area (Å²) in [5, 5.41) is 31.3. The minimum Gasteiger partial charge on any atom is -0.508 e. The summed E-state index contributed by atoms with van der Waals surface area (Å²) >= 11 is 0. The monoisotopic (exact) mass is 266 g/mol. The Morgan fingerprint density at radius 3 is 2.58 bits per heavy atom. The van der Waals surface area contributed by atoms with Crippen LogP contribution in [0.15, 0.2) is 18.2 Å². The maximum Gasteiger partial charge on any atom is 0.322 e. The van der Waals surface area contributed by atoms with Gasteiger partial charge in [0.25, 0.3) is 0 Å². The van der Waals surface area contributed by atoms with E-state index in [1.807, 2.05) is 11.8 Å². The molecule has 1 saturated heterocycles. The molecule has 4 N–H and O–H groups in total. The highest BCUT2D eigenvalue weighted by molar-refractivity contribution is 5.74. The van der Waals surface area contributed by atoms with Crippen molar-refractivity contribution < 1.29 is 20.1 Å². The highest BCUT2D eigenvalue weighted by Gasteiger charge is 2.32. The molecule has 1 aliphatic rings. The van der Waals surface area contributed by atoms with Gasteiger partial charge in [0, 0.05) is 31.7 Å².